The summed E-state index contributed by atoms with van der Waals surface area (Å²) in [5.74, 6) is 2.91. The van der Waals surface area contributed by atoms with E-state index in [1.54, 1.807) is 7.11 Å². The van der Waals surface area contributed by atoms with Crippen molar-refractivity contribution in [3.05, 3.63) is 72.4 Å². The van der Waals surface area contributed by atoms with Gasteiger partial charge in [0.1, 0.15) is 0 Å². The van der Waals surface area contributed by atoms with Crippen LogP contribution in [-0.2, 0) is 7.05 Å². The first-order valence-corrected chi connectivity index (χ1v) is 14.2. The fourth-order valence-electron chi connectivity index (χ4n) is 5.19. The van der Waals surface area contributed by atoms with Crippen molar-refractivity contribution in [1.29, 1.82) is 0 Å². The first-order chi connectivity index (χ1) is 16.6. The normalized spacial score (nSPS) is 12.1. The molecule has 34 heavy (non-hydrogen) atoms. The number of nitrogens with zero attached hydrogens (tertiary/aromatic N) is 4. The summed E-state index contributed by atoms with van der Waals surface area (Å²) in [5, 5.41) is 2.59. The van der Waals surface area contributed by atoms with Gasteiger partial charge < -0.3 is 0 Å². The standard InChI is InChI=1S/C27H20N4OS.Bi.2H/c1-16-22(32-3)13-12-21-26(16)31(27-28-19-9-5-6-10-20(19)30(21)27)25-14-24-18(15-29(25)2)17-8-4-7-11-23(17)33-24;;;/h4-8,10-15H,1-3H3;;;/q+1;;;. The summed E-state index contributed by atoms with van der Waals surface area (Å²) in [4.78, 5) is 5.21. The molecule has 0 bridgehead atoms. The Morgan fingerprint density at radius 3 is 2.68 bits per heavy atom. The molecule has 7 heteroatoms. The molecule has 0 N–H and O–H groups in total. The molecular weight excluding hydrogens is 637 g/mol. The van der Waals surface area contributed by atoms with Gasteiger partial charge in [-0.25, -0.2) is 0 Å². The molecule has 5 nitrogen and oxygen atoms in total. The number of benzene rings is 3. The number of methoxy groups -OCH3 is 1. The first-order valence-electron chi connectivity index (χ1n) is 11.1. The number of aryl methyl sites for hydroxylation is 2. The number of aromatic nitrogens is 4. The molecular formula is C27H22BiN4OS+. The molecule has 0 unspecified atom stereocenters. The number of thiophene rings is 1. The van der Waals surface area contributed by atoms with Crippen LogP contribution in [0.2, 0.25) is 0 Å². The van der Waals surface area contributed by atoms with E-state index in [-0.39, 0.29) is 0 Å². The van der Waals surface area contributed by atoms with Gasteiger partial charge in [0, 0.05) is 0 Å². The molecule has 0 aliphatic carbocycles. The average molecular weight is 660 g/mol. The maximum atomic E-state index is 5.72. The van der Waals surface area contributed by atoms with E-state index in [1.165, 1.54) is 23.4 Å². The van der Waals surface area contributed by atoms with E-state index in [0.717, 1.165) is 69.7 Å². The molecule has 7 aromatic rings. The summed E-state index contributed by atoms with van der Waals surface area (Å²) < 4.78 is 16.5. The zero-order valence-electron chi connectivity index (χ0n) is 19.0. The zero-order chi connectivity index (χ0) is 23.1. The van der Waals surface area contributed by atoms with Crippen LogP contribution in [0.15, 0.2) is 66.9 Å². The Hall–Kier alpha value is -3.02. The predicted molar refractivity (Wildman–Crippen MR) is 143 cm³/mol. The van der Waals surface area contributed by atoms with E-state index >= 15 is 0 Å². The molecule has 4 heterocycles. The molecule has 4 aromatic heterocycles. The molecule has 0 saturated carbocycles. The Morgan fingerprint density at radius 1 is 0.971 bits per heavy atom. The van der Waals surface area contributed by atoms with Crippen molar-refractivity contribution in [2.45, 2.75) is 6.92 Å². The predicted octanol–water partition coefficient (Wildman–Crippen LogP) is 4.20. The number of hydrogen-bond acceptors (Lipinski definition) is 3. The molecule has 3 aromatic carbocycles. The minimum absolute atomic E-state index is 0.723. The van der Waals surface area contributed by atoms with Gasteiger partial charge in [0.25, 0.3) is 0 Å². The summed E-state index contributed by atoms with van der Waals surface area (Å²) in [6.45, 7) is 2.14. The second-order valence-electron chi connectivity index (χ2n) is 8.68. The topological polar surface area (TPSA) is 35.3 Å². The van der Waals surface area contributed by atoms with Crippen LogP contribution in [0.5, 0.6) is 5.75 Å². The number of para-hydroxylation sites is 1. The number of imidazole rings is 2. The summed E-state index contributed by atoms with van der Waals surface area (Å²) >= 11 is 2.56. The van der Waals surface area contributed by atoms with E-state index in [2.05, 4.69) is 94.4 Å². The molecule has 0 amide bonds. The summed E-state index contributed by atoms with van der Waals surface area (Å²) in [6.07, 6.45) is 2.25. The van der Waals surface area contributed by atoms with E-state index < -0.39 is 0 Å². The van der Waals surface area contributed by atoms with Gasteiger partial charge in [0.15, 0.2) is 0 Å². The maximum absolute atomic E-state index is 5.72. The van der Waals surface area contributed by atoms with Crippen molar-refractivity contribution in [3.8, 4) is 11.6 Å². The van der Waals surface area contributed by atoms with Gasteiger partial charge >= 0.3 is 216 Å². The number of pyridine rings is 1. The molecule has 0 radical (unpaired) electrons. The Labute approximate surface area is 214 Å². The van der Waals surface area contributed by atoms with Crippen molar-refractivity contribution >= 4 is 87.3 Å². The molecule has 0 aliphatic heterocycles. The van der Waals surface area contributed by atoms with Crippen LogP contribution in [0.4, 0.5) is 0 Å². The average Bonchev–Trinajstić information content (AvgIpc) is 3.49. The monoisotopic (exact) mass is 659 g/mol. The molecule has 0 spiro atoms. The van der Waals surface area contributed by atoms with E-state index in [4.69, 9.17) is 9.72 Å². The fraction of sp³-hybridized carbons (Fsp3) is 0.111. The molecule has 166 valence electrons. The number of fused-ring (bicyclic) bond motifs is 8. The number of rotatable bonds is 2. The second kappa shape index (κ2) is 7.24. The summed E-state index contributed by atoms with van der Waals surface area (Å²) in [5.41, 5.74) is 5.65. The van der Waals surface area contributed by atoms with E-state index in [9.17, 15) is 0 Å². The molecule has 7 rings (SSSR count). The Bertz CT molecular complexity index is 1950. The van der Waals surface area contributed by atoms with Crippen LogP contribution in [0, 0.1) is 6.92 Å². The Morgan fingerprint density at radius 2 is 1.82 bits per heavy atom. The molecule has 0 atom stereocenters. The third kappa shape index (κ3) is 2.62. The summed E-state index contributed by atoms with van der Waals surface area (Å²) in [7, 11) is 3.86. The van der Waals surface area contributed by atoms with Gasteiger partial charge in [-0.05, 0) is 0 Å². The van der Waals surface area contributed by atoms with Gasteiger partial charge in [-0.3, -0.25) is 0 Å². The van der Waals surface area contributed by atoms with Gasteiger partial charge in [-0.15, -0.1) is 0 Å². The molecule has 0 aliphatic rings. The number of ether oxygens (including phenoxy) is 1. The fourth-order valence-corrected chi connectivity index (χ4v) is 7.56. The van der Waals surface area contributed by atoms with Crippen molar-refractivity contribution in [3.63, 3.8) is 0 Å². The van der Waals surface area contributed by atoms with Crippen LogP contribution in [0.3, 0.4) is 0 Å². The van der Waals surface area contributed by atoms with E-state index in [1.807, 2.05) is 11.3 Å². The zero-order valence-corrected chi connectivity index (χ0v) is 24.3. The Balaban J connectivity index is 1.68. The van der Waals surface area contributed by atoms with Gasteiger partial charge in [0.05, 0.1) is 0 Å². The molecule has 0 fully saturated rings. The van der Waals surface area contributed by atoms with Crippen molar-refractivity contribution in [1.82, 2.24) is 14.0 Å². The quantitative estimate of drug-likeness (QED) is 0.206. The van der Waals surface area contributed by atoms with Crippen LogP contribution < -0.4 is 12.6 Å². The van der Waals surface area contributed by atoms with Crippen LogP contribution in [0.1, 0.15) is 5.56 Å². The van der Waals surface area contributed by atoms with Gasteiger partial charge in [0.2, 0.25) is 0 Å². The van der Waals surface area contributed by atoms with Crippen LogP contribution >= 0.6 is 11.3 Å². The van der Waals surface area contributed by atoms with E-state index in [0.29, 0.717) is 0 Å². The third-order valence-electron chi connectivity index (χ3n) is 6.78. The van der Waals surface area contributed by atoms with Crippen LogP contribution in [0.25, 0.3) is 53.8 Å². The van der Waals surface area contributed by atoms with Crippen molar-refractivity contribution in [2.75, 3.05) is 7.11 Å². The number of hydrogen-bond donors (Lipinski definition) is 0. The minimum atomic E-state index is 0.723. The van der Waals surface area contributed by atoms with Crippen LogP contribution in [-0.4, -0.2) is 45.8 Å². The van der Waals surface area contributed by atoms with Gasteiger partial charge in [-0.2, -0.15) is 0 Å². The Kier molecular flexibility index (Phi) is 4.34. The first kappa shape index (κ1) is 20.4. The van der Waals surface area contributed by atoms with Crippen molar-refractivity contribution < 1.29 is 9.30 Å². The van der Waals surface area contributed by atoms with Gasteiger partial charge in [-0.1, -0.05) is 0 Å². The third-order valence-corrected chi connectivity index (χ3v) is 9.72. The summed E-state index contributed by atoms with van der Waals surface area (Å²) in [6, 6.07) is 21.7. The van der Waals surface area contributed by atoms with Crippen molar-refractivity contribution in [2.24, 2.45) is 7.05 Å². The second-order valence-corrected chi connectivity index (χ2v) is 12.2. The molecule has 0 saturated heterocycles. The SMILES string of the molecule is COc1ccc2c(c1C)n(-c1cc3sc4ccccc4c3c[n+]1C)c1nc3[c]([BiH2])cccc3n21.